The largest absolute Gasteiger partial charge is 0.387 e. The van der Waals surface area contributed by atoms with Crippen LogP contribution < -0.4 is 0 Å². The Balaban J connectivity index is 1.90. The van der Waals surface area contributed by atoms with Crippen molar-refractivity contribution >= 4 is 27.3 Å². The molecule has 0 bridgehead atoms. The van der Waals surface area contributed by atoms with Crippen LogP contribution in [0.1, 0.15) is 28.0 Å². The van der Waals surface area contributed by atoms with Gasteiger partial charge in [0, 0.05) is 15.3 Å². The molecule has 2 atom stereocenters. The summed E-state index contributed by atoms with van der Waals surface area (Å²) in [6.45, 7) is 0. The quantitative estimate of drug-likeness (QED) is 0.891. The maximum absolute atomic E-state index is 10.3. The highest BCUT2D eigenvalue weighted by Crippen LogP contribution is 2.46. The molecule has 16 heavy (non-hydrogen) atoms. The van der Waals surface area contributed by atoms with E-state index in [-0.39, 0.29) is 12.0 Å². The lowest BCUT2D eigenvalue weighted by atomic mass is 9.74. The Kier molecular flexibility index (Phi) is 2.62. The molecule has 0 fully saturated rings. The fraction of sp³-hybridized carbons (Fsp3) is 0.231. The van der Waals surface area contributed by atoms with E-state index in [2.05, 4.69) is 34.1 Å². The molecule has 0 spiro atoms. The molecule has 0 saturated carbocycles. The van der Waals surface area contributed by atoms with Crippen LogP contribution in [0, 0.1) is 0 Å². The first-order chi connectivity index (χ1) is 7.77. The van der Waals surface area contributed by atoms with E-state index in [1.807, 2.05) is 17.5 Å². The van der Waals surface area contributed by atoms with E-state index in [1.54, 1.807) is 11.3 Å². The van der Waals surface area contributed by atoms with Crippen molar-refractivity contribution in [1.82, 2.24) is 0 Å². The normalized spacial score (nSPS) is 20.0. The van der Waals surface area contributed by atoms with Gasteiger partial charge in [0.05, 0.1) is 6.10 Å². The van der Waals surface area contributed by atoms with Gasteiger partial charge >= 0.3 is 0 Å². The molecule has 1 aromatic carbocycles. The summed E-state index contributed by atoms with van der Waals surface area (Å²) in [5.74, 6) is 0.270. The van der Waals surface area contributed by atoms with Crippen molar-refractivity contribution in [3.05, 3.63) is 56.2 Å². The molecule has 1 aromatic heterocycles. The van der Waals surface area contributed by atoms with Crippen LogP contribution in [0.5, 0.6) is 0 Å². The van der Waals surface area contributed by atoms with Gasteiger partial charge in [0.25, 0.3) is 0 Å². The highest BCUT2D eigenvalue weighted by atomic mass is 79.9. The lowest BCUT2D eigenvalue weighted by Gasteiger charge is -2.33. The zero-order chi connectivity index (χ0) is 11.1. The average molecular weight is 295 g/mol. The number of benzene rings is 1. The Bertz CT molecular complexity index is 520. The molecule has 1 heterocycles. The van der Waals surface area contributed by atoms with Gasteiger partial charge in [-0.2, -0.15) is 0 Å². The smallest absolute Gasteiger partial charge is 0.0964 e. The first kappa shape index (κ1) is 10.5. The van der Waals surface area contributed by atoms with Crippen molar-refractivity contribution in [2.45, 2.75) is 18.4 Å². The van der Waals surface area contributed by atoms with E-state index in [0.29, 0.717) is 0 Å². The Hall–Kier alpha value is -0.640. The van der Waals surface area contributed by atoms with Gasteiger partial charge in [0.2, 0.25) is 0 Å². The van der Waals surface area contributed by atoms with Crippen LogP contribution in [0.3, 0.4) is 0 Å². The summed E-state index contributed by atoms with van der Waals surface area (Å²) in [4.78, 5) is 1.04. The van der Waals surface area contributed by atoms with Gasteiger partial charge in [-0.15, -0.1) is 11.3 Å². The van der Waals surface area contributed by atoms with Crippen molar-refractivity contribution in [3.63, 3.8) is 0 Å². The zero-order valence-electron chi connectivity index (χ0n) is 8.56. The lowest BCUT2D eigenvalue weighted by Crippen LogP contribution is -2.23. The summed E-state index contributed by atoms with van der Waals surface area (Å²) in [6.07, 6.45) is 0.617. The summed E-state index contributed by atoms with van der Waals surface area (Å²) in [6, 6.07) is 10.4. The van der Waals surface area contributed by atoms with Gasteiger partial charge in [0.15, 0.2) is 0 Å². The maximum atomic E-state index is 10.3. The second-order valence-electron chi connectivity index (χ2n) is 4.09. The Morgan fingerprint density at radius 2 is 2.12 bits per heavy atom. The minimum absolute atomic E-state index is 0.270. The highest BCUT2D eigenvalue weighted by Gasteiger charge is 2.33. The molecular weight excluding hydrogens is 284 g/mol. The number of aliphatic hydroxyl groups is 1. The zero-order valence-corrected chi connectivity index (χ0v) is 11.0. The van der Waals surface area contributed by atoms with Crippen LogP contribution in [0.25, 0.3) is 0 Å². The first-order valence-corrected chi connectivity index (χ1v) is 6.93. The molecule has 0 radical (unpaired) electrons. The predicted octanol–water partition coefficient (Wildman–Crippen LogP) is 3.88. The maximum Gasteiger partial charge on any atom is 0.0964 e. The third-order valence-corrected chi connectivity index (χ3v) is 5.13. The second-order valence-corrected chi connectivity index (χ2v) is 5.89. The number of fused-ring (bicyclic) bond motifs is 1. The number of hydrogen-bond donors (Lipinski definition) is 1. The number of rotatable bonds is 2. The molecule has 0 aliphatic heterocycles. The third-order valence-electron chi connectivity index (χ3n) is 3.19. The van der Waals surface area contributed by atoms with Gasteiger partial charge < -0.3 is 5.11 Å². The molecule has 2 aromatic rings. The molecule has 82 valence electrons. The van der Waals surface area contributed by atoms with Crippen LogP contribution in [-0.4, -0.2) is 5.11 Å². The molecule has 1 aliphatic carbocycles. The Morgan fingerprint density at radius 3 is 2.81 bits per heavy atom. The summed E-state index contributed by atoms with van der Waals surface area (Å²) < 4.78 is 1.02. The lowest BCUT2D eigenvalue weighted by molar-refractivity contribution is 0.137. The third kappa shape index (κ3) is 1.54. The van der Waals surface area contributed by atoms with E-state index >= 15 is 0 Å². The van der Waals surface area contributed by atoms with Crippen molar-refractivity contribution in [1.29, 1.82) is 0 Å². The van der Waals surface area contributed by atoms with Crippen LogP contribution in [0.15, 0.2) is 40.2 Å². The average Bonchev–Trinajstić information content (AvgIpc) is 2.66. The summed E-state index contributed by atoms with van der Waals surface area (Å²) in [7, 11) is 0. The van der Waals surface area contributed by atoms with Gasteiger partial charge in [-0.1, -0.05) is 24.3 Å². The Morgan fingerprint density at radius 1 is 1.31 bits per heavy atom. The molecule has 0 saturated heterocycles. The summed E-state index contributed by atoms with van der Waals surface area (Å²) in [5.41, 5.74) is 2.68. The van der Waals surface area contributed by atoms with E-state index in [1.165, 1.54) is 11.1 Å². The second kappa shape index (κ2) is 3.99. The van der Waals surface area contributed by atoms with E-state index < -0.39 is 0 Å². The predicted molar refractivity (Wildman–Crippen MR) is 69.9 cm³/mol. The van der Waals surface area contributed by atoms with Crippen LogP contribution in [-0.2, 0) is 6.42 Å². The van der Waals surface area contributed by atoms with E-state index in [0.717, 1.165) is 15.8 Å². The van der Waals surface area contributed by atoms with Crippen molar-refractivity contribution in [2.75, 3.05) is 0 Å². The van der Waals surface area contributed by atoms with Gasteiger partial charge in [-0.3, -0.25) is 0 Å². The molecule has 1 aliphatic rings. The van der Waals surface area contributed by atoms with E-state index in [4.69, 9.17) is 0 Å². The highest BCUT2D eigenvalue weighted by molar-refractivity contribution is 9.10. The fourth-order valence-corrected chi connectivity index (χ4v) is 3.94. The number of halogens is 1. The molecule has 0 amide bonds. The molecule has 2 unspecified atom stereocenters. The number of hydrogen-bond acceptors (Lipinski definition) is 2. The molecule has 3 heteroatoms. The van der Waals surface area contributed by atoms with Gasteiger partial charge in [0.1, 0.15) is 0 Å². The SMILES string of the molecule is OC(c1sccc1Br)C1Cc2ccccc21. The van der Waals surface area contributed by atoms with Crippen LogP contribution in [0.4, 0.5) is 0 Å². The molecular formula is C13H11BrOS. The molecule has 3 rings (SSSR count). The minimum Gasteiger partial charge on any atom is -0.387 e. The summed E-state index contributed by atoms with van der Waals surface area (Å²) >= 11 is 5.09. The number of thiophene rings is 1. The standard InChI is InChI=1S/C13H11BrOS/c14-11-5-6-16-13(11)12(15)10-7-8-3-1-2-4-9(8)10/h1-6,10,12,15H,7H2. The van der Waals surface area contributed by atoms with Crippen molar-refractivity contribution in [3.8, 4) is 0 Å². The summed E-state index contributed by atoms with van der Waals surface area (Å²) in [5, 5.41) is 12.3. The van der Waals surface area contributed by atoms with Crippen molar-refractivity contribution in [2.24, 2.45) is 0 Å². The topological polar surface area (TPSA) is 20.2 Å². The number of aliphatic hydroxyl groups excluding tert-OH is 1. The molecule has 1 nitrogen and oxygen atoms in total. The van der Waals surface area contributed by atoms with Gasteiger partial charge in [-0.05, 0) is 44.9 Å². The first-order valence-electron chi connectivity index (χ1n) is 5.26. The van der Waals surface area contributed by atoms with Crippen molar-refractivity contribution < 1.29 is 5.11 Å². The van der Waals surface area contributed by atoms with Crippen LogP contribution in [0.2, 0.25) is 0 Å². The van der Waals surface area contributed by atoms with Gasteiger partial charge in [-0.25, -0.2) is 0 Å². The fourth-order valence-electron chi connectivity index (χ4n) is 2.28. The Labute approximate surface area is 107 Å². The minimum atomic E-state index is -0.371. The molecule has 1 N–H and O–H groups in total. The monoisotopic (exact) mass is 294 g/mol. The van der Waals surface area contributed by atoms with E-state index in [9.17, 15) is 5.11 Å². The van der Waals surface area contributed by atoms with Crippen LogP contribution >= 0.6 is 27.3 Å².